The third-order valence-electron chi connectivity index (χ3n) is 4.08. The molecule has 3 aromatic rings. The number of hydrogen-bond donors (Lipinski definition) is 1. The lowest BCUT2D eigenvalue weighted by Gasteiger charge is -2.09. The molecule has 3 aromatic heterocycles. The predicted molar refractivity (Wildman–Crippen MR) is 102 cm³/mol. The van der Waals surface area contributed by atoms with Crippen LogP contribution in [0.5, 0.6) is 0 Å². The zero-order valence-electron chi connectivity index (χ0n) is 15.2. The molecule has 0 bridgehead atoms. The number of thiophene rings is 1. The molecule has 0 atom stereocenters. The Kier molecular flexibility index (Phi) is 5.26. The number of amides is 1. The van der Waals surface area contributed by atoms with Gasteiger partial charge in [0.05, 0.1) is 5.52 Å². The summed E-state index contributed by atoms with van der Waals surface area (Å²) in [6.45, 7) is 6.90. The minimum absolute atomic E-state index is 0.152. The Morgan fingerprint density at radius 3 is 2.81 bits per heavy atom. The van der Waals surface area contributed by atoms with Crippen molar-refractivity contribution in [1.82, 2.24) is 24.1 Å². The van der Waals surface area contributed by atoms with Gasteiger partial charge >= 0.3 is 5.69 Å². The van der Waals surface area contributed by atoms with E-state index in [9.17, 15) is 14.4 Å². The van der Waals surface area contributed by atoms with Gasteiger partial charge in [-0.2, -0.15) is 0 Å². The molecule has 3 rings (SSSR count). The SMILES string of the molecule is CCCCNC(=O)Cn1nc2n(CC(C)C)c(=O)c3sccc3n2c1=O. The van der Waals surface area contributed by atoms with Gasteiger partial charge in [-0.25, -0.2) is 13.9 Å². The van der Waals surface area contributed by atoms with Gasteiger partial charge in [0.2, 0.25) is 11.7 Å². The van der Waals surface area contributed by atoms with Crippen LogP contribution in [0.15, 0.2) is 21.0 Å². The molecule has 0 aliphatic rings. The Morgan fingerprint density at radius 2 is 2.12 bits per heavy atom. The fourth-order valence-corrected chi connectivity index (χ4v) is 3.69. The molecule has 0 radical (unpaired) electrons. The van der Waals surface area contributed by atoms with Gasteiger partial charge in [0.1, 0.15) is 11.2 Å². The molecule has 1 N–H and O–H groups in total. The molecule has 0 saturated carbocycles. The number of carbonyl (C=O) groups is 1. The van der Waals surface area contributed by atoms with Gasteiger partial charge in [0.25, 0.3) is 5.56 Å². The largest absolute Gasteiger partial charge is 0.354 e. The van der Waals surface area contributed by atoms with Gasteiger partial charge in [0.15, 0.2) is 0 Å². The van der Waals surface area contributed by atoms with Crippen molar-refractivity contribution in [3.05, 3.63) is 32.3 Å². The van der Waals surface area contributed by atoms with Crippen molar-refractivity contribution in [3.8, 4) is 0 Å². The first kappa shape index (κ1) is 18.4. The summed E-state index contributed by atoms with van der Waals surface area (Å²) in [5, 5.41) is 8.86. The molecule has 0 unspecified atom stereocenters. The van der Waals surface area contributed by atoms with E-state index >= 15 is 0 Å². The standard InChI is InChI=1S/C17H23N5O3S/c1-4-5-7-18-13(23)10-21-17(25)22-12-6-8-26-14(12)15(24)20(9-11(2)3)16(22)19-21/h6,8,11H,4-5,7,9-10H2,1-3H3,(H,18,23). The maximum Gasteiger partial charge on any atom is 0.352 e. The van der Waals surface area contributed by atoms with E-state index in [2.05, 4.69) is 10.4 Å². The Hall–Kier alpha value is -2.42. The van der Waals surface area contributed by atoms with Crippen molar-refractivity contribution in [2.45, 2.75) is 46.7 Å². The quantitative estimate of drug-likeness (QED) is 0.631. The van der Waals surface area contributed by atoms with Crippen LogP contribution in [-0.2, 0) is 17.9 Å². The number of rotatable bonds is 7. The van der Waals surface area contributed by atoms with E-state index in [0.29, 0.717) is 23.3 Å². The zero-order valence-corrected chi connectivity index (χ0v) is 16.0. The molecule has 9 heteroatoms. The molecule has 0 saturated heterocycles. The molecular weight excluding hydrogens is 354 g/mol. The second-order valence-electron chi connectivity index (χ2n) is 6.72. The summed E-state index contributed by atoms with van der Waals surface area (Å²) in [5.74, 6) is 0.232. The highest BCUT2D eigenvalue weighted by molar-refractivity contribution is 7.17. The summed E-state index contributed by atoms with van der Waals surface area (Å²) in [7, 11) is 0. The van der Waals surface area contributed by atoms with Crippen LogP contribution in [0.25, 0.3) is 16.0 Å². The van der Waals surface area contributed by atoms with E-state index in [1.54, 1.807) is 11.4 Å². The van der Waals surface area contributed by atoms with Crippen LogP contribution in [0.2, 0.25) is 0 Å². The first-order valence-corrected chi connectivity index (χ1v) is 9.68. The molecule has 0 aromatic carbocycles. The van der Waals surface area contributed by atoms with Crippen LogP contribution in [0.3, 0.4) is 0 Å². The van der Waals surface area contributed by atoms with Gasteiger partial charge in [-0.3, -0.25) is 14.2 Å². The number of hydrogen-bond acceptors (Lipinski definition) is 5. The smallest absolute Gasteiger partial charge is 0.352 e. The van der Waals surface area contributed by atoms with Gasteiger partial charge in [-0.1, -0.05) is 27.2 Å². The van der Waals surface area contributed by atoms with Gasteiger partial charge in [-0.15, -0.1) is 16.4 Å². The fourth-order valence-electron chi connectivity index (χ4n) is 2.86. The maximum atomic E-state index is 12.8. The van der Waals surface area contributed by atoms with Crippen LogP contribution in [0.4, 0.5) is 0 Å². The van der Waals surface area contributed by atoms with Crippen molar-refractivity contribution < 1.29 is 4.79 Å². The summed E-state index contributed by atoms with van der Waals surface area (Å²) >= 11 is 1.31. The molecule has 0 spiro atoms. The number of nitrogens with zero attached hydrogens (tertiary/aromatic N) is 4. The lowest BCUT2D eigenvalue weighted by molar-refractivity contribution is -0.121. The van der Waals surface area contributed by atoms with Crippen LogP contribution in [-0.4, -0.2) is 31.2 Å². The van der Waals surface area contributed by atoms with Crippen molar-refractivity contribution in [2.24, 2.45) is 5.92 Å². The molecule has 0 aliphatic heterocycles. The van der Waals surface area contributed by atoms with Gasteiger partial charge in [-0.05, 0) is 23.8 Å². The summed E-state index contributed by atoms with van der Waals surface area (Å²) < 4.78 is 4.60. The summed E-state index contributed by atoms with van der Waals surface area (Å²) in [6.07, 6.45) is 1.86. The zero-order chi connectivity index (χ0) is 18.8. The van der Waals surface area contributed by atoms with E-state index in [1.165, 1.54) is 20.3 Å². The number of fused-ring (bicyclic) bond motifs is 3. The van der Waals surface area contributed by atoms with E-state index in [0.717, 1.165) is 17.5 Å². The number of nitrogens with one attached hydrogen (secondary N) is 1. The molecular formula is C17H23N5O3S. The van der Waals surface area contributed by atoms with E-state index in [1.807, 2.05) is 20.8 Å². The van der Waals surface area contributed by atoms with Crippen molar-refractivity contribution in [3.63, 3.8) is 0 Å². The predicted octanol–water partition coefficient (Wildman–Crippen LogP) is 1.44. The van der Waals surface area contributed by atoms with Crippen LogP contribution >= 0.6 is 11.3 Å². The average molecular weight is 377 g/mol. The molecule has 0 fully saturated rings. The third kappa shape index (κ3) is 3.31. The summed E-state index contributed by atoms with van der Waals surface area (Å²) in [6, 6.07) is 1.74. The van der Waals surface area contributed by atoms with Crippen molar-refractivity contribution in [1.29, 1.82) is 0 Å². The van der Waals surface area contributed by atoms with Crippen molar-refractivity contribution >= 4 is 33.2 Å². The Balaban J connectivity index is 2.10. The molecule has 26 heavy (non-hydrogen) atoms. The molecule has 1 amide bonds. The molecule has 140 valence electrons. The highest BCUT2D eigenvalue weighted by Gasteiger charge is 2.19. The number of aromatic nitrogens is 4. The molecule has 8 nitrogen and oxygen atoms in total. The number of carbonyl (C=O) groups excluding carboxylic acids is 1. The molecule has 3 heterocycles. The third-order valence-corrected chi connectivity index (χ3v) is 4.97. The average Bonchev–Trinajstić information content (AvgIpc) is 3.17. The van der Waals surface area contributed by atoms with Gasteiger partial charge in [0, 0.05) is 13.1 Å². The van der Waals surface area contributed by atoms with Crippen LogP contribution in [0, 0.1) is 5.92 Å². The van der Waals surface area contributed by atoms with Crippen LogP contribution < -0.4 is 16.6 Å². The highest BCUT2D eigenvalue weighted by atomic mass is 32.1. The lowest BCUT2D eigenvalue weighted by Crippen LogP contribution is -2.33. The second kappa shape index (κ2) is 7.45. The first-order chi connectivity index (χ1) is 12.4. The van der Waals surface area contributed by atoms with Crippen molar-refractivity contribution in [2.75, 3.05) is 6.54 Å². The minimum atomic E-state index is -0.411. The summed E-state index contributed by atoms with van der Waals surface area (Å²) in [4.78, 5) is 37.7. The monoisotopic (exact) mass is 377 g/mol. The van der Waals surface area contributed by atoms with E-state index < -0.39 is 5.69 Å². The fraction of sp³-hybridized carbons (Fsp3) is 0.529. The van der Waals surface area contributed by atoms with E-state index in [4.69, 9.17) is 0 Å². The Morgan fingerprint density at radius 1 is 1.35 bits per heavy atom. The summed E-state index contributed by atoms with van der Waals surface area (Å²) in [5.41, 5.74) is -0.0232. The van der Waals surface area contributed by atoms with E-state index in [-0.39, 0.29) is 29.7 Å². The maximum absolute atomic E-state index is 12.8. The normalized spacial score (nSPS) is 11.7. The first-order valence-electron chi connectivity index (χ1n) is 8.80. The Labute approximate surface area is 154 Å². The Bertz CT molecular complexity index is 1060. The van der Waals surface area contributed by atoms with Gasteiger partial charge < -0.3 is 5.32 Å². The molecule has 0 aliphatic carbocycles. The minimum Gasteiger partial charge on any atom is -0.354 e. The lowest BCUT2D eigenvalue weighted by atomic mass is 10.2. The number of unbranched alkanes of at least 4 members (excludes halogenated alkanes) is 1. The topological polar surface area (TPSA) is 90.4 Å². The second-order valence-corrected chi connectivity index (χ2v) is 7.64. The van der Waals surface area contributed by atoms with Crippen LogP contribution in [0.1, 0.15) is 33.6 Å². The highest BCUT2D eigenvalue weighted by Crippen LogP contribution is 2.17.